The molecule has 3 amide bonds. The number of rotatable bonds is 24. The summed E-state index contributed by atoms with van der Waals surface area (Å²) in [6, 6.07) is 15.5. The number of aliphatic hydroxyl groups is 1. The molecule has 0 radical (unpaired) electrons. The number of ether oxygens (including phenoxy) is 2. The summed E-state index contributed by atoms with van der Waals surface area (Å²) in [4.78, 5) is 53.3. The second-order valence-electron chi connectivity index (χ2n) is 18.0. The molecule has 5 N–H and O–H groups in total. The van der Waals surface area contributed by atoms with Crippen molar-refractivity contribution in [2.75, 3.05) is 40.6 Å². The highest BCUT2D eigenvalue weighted by atomic mass is 32.1. The minimum atomic E-state index is -0.939. The lowest BCUT2D eigenvalue weighted by molar-refractivity contribution is -0.148. The first-order valence-corrected chi connectivity index (χ1v) is 23.2. The SMILES string of the molecule is CC[C@H](C)[C@@H]([C@@H](CC(=O)N1CCC[C@H]1[C@H](OC)[C@@H](C)C(O)N[C@@H](Cc1ccccc1)c1nccs1)OC)N(C)C(=O)[C@@H](NC(=O)[C@H](C(C)C)N(C)Cc1ccc(N)cc1)C(C)C. The highest BCUT2D eigenvalue weighted by Gasteiger charge is 2.43. The molecule has 0 spiro atoms. The highest BCUT2D eigenvalue weighted by molar-refractivity contribution is 7.09. The predicted molar refractivity (Wildman–Crippen MR) is 248 cm³/mol. The Kier molecular flexibility index (Phi) is 19.8. The number of hydrogen-bond acceptors (Lipinski definition) is 11. The van der Waals surface area contributed by atoms with Crippen LogP contribution in [0.2, 0.25) is 0 Å². The maximum absolute atomic E-state index is 14.6. The van der Waals surface area contributed by atoms with Crippen molar-refractivity contribution in [1.29, 1.82) is 0 Å². The van der Waals surface area contributed by atoms with E-state index in [0.717, 1.165) is 35.4 Å². The molecule has 0 saturated carbocycles. The smallest absolute Gasteiger partial charge is 0.245 e. The zero-order valence-corrected chi connectivity index (χ0v) is 39.8. The Morgan fingerprint density at radius 2 is 1.65 bits per heavy atom. The fourth-order valence-corrected chi connectivity index (χ4v) is 9.89. The van der Waals surface area contributed by atoms with Gasteiger partial charge in [-0.05, 0) is 67.3 Å². The molecule has 14 heteroatoms. The molecule has 344 valence electrons. The van der Waals surface area contributed by atoms with E-state index in [-0.39, 0.29) is 59.9 Å². The number of thiazole rings is 1. The van der Waals surface area contributed by atoms with Crippen LogP contribution in [0.4, 0.5) is 5.69 Å². The minimum Gasteiger partial charge on any atom is -0.399 e. The summed E-state index contributed by atoms with van der Waals surface area (Å²) in [6.45, 7) is 15.1. The molecule has 1 aliphatic heterocycles. The van der Waals surface area contributed by atoms with Crippen LogP contribution in [0.5, 0.6) is 0 Å². The molecule has 1 aromatic heterocycles. The molecular formula is C48H75N7O6S. The molecule has 2 heterocycles. The van der Waals surface area contributed by atoms with Gasteiger partial charge in [-0.1, -0.05) is 97.4 Å². The van der Waals surface area contributed by atoms with Crippen LogP contribution < -0.4 is 16.4 Å². The van der Waals surface area contributed by atoms with Gasteiger partial charge < -0.3 is 35.4 Å². The van der Waals surface area contributed by atoms with Crippen molar-refractivity contribution in [3.05, 3.63) is 82.3 Å². The number of anilines is 1. The third kappa shape index (κ3) is 13.3. The first-order valence-electron chi connectivity index (χ1n) is 22.4. The third-order valence-electron chi connectivity index (χ3n) is 12.8. The molecule has 62 heavy (non-hydrogen) atoms. The van der Waals surface area contributed by atoms with Crippen molar-refractivity contribution in [2.45, 2.75) is 136 Å². The first kappa shape index (κ1) is 50.7. The topological polar surface area (TPSA) is 163 Å². The Hall–Kier alpha value is -3.92. The number of carbonyl (C=O) groups is 3. The average Bonchev–Trinajstić information content (AvgIpc) is 3.97. The van der Waals surface area contributed by atoms with E-state index in [1.54, 1.807) is 43.7 Å². The van der Waals surface area contributed by atoms with Gasteiger partial charge in [-0.15, -0.1) is 11.3 Å². The lowest BCUT2D eigenvalue weighted by Crippen LogP contribution is -2.60. The van der Waals surface area contributed by atoms with Crippen LogP contribution in [0.15, 0.2) is 66.2 Å². The van der Waals surface area contributed by atoms with Gasteiger partial charge in [-0.2, -0.15) is 0 Å². The molecule has 1 aliphatic rings. The number of nitrogen functional groups attached to an aromatic ring is 1. The molecule has 0 aliphatic carbocycles. The largest absolute Gasteiger partial charge is 0.399 e. The van der Waals surface area contributed by atoms with Crippen molar-refractivity contribution >= 4 is 34.7 Å². The Labute approximate surface area is 375 Å². The zero-order valence-electron chi connectivity index (χ0n) is 39.0. The number of nitrogens with two attached hydrogens (primary N) is 1. The number of likely N-dealkylation sites (tertiary alicyclic amines) is 1. The molecule has 1 saturated heterocycles. The van der Waals surface area contributed by atoms with Crippen LogP contribution in [0, 0.1) is 23.7 Å². The van der Waals surface area contributed by atoms with E-state index in [1.807, 2.05) is 99.3 Å². The number of hydrogen-bond donors (Lipinski definition) is 4. The van der Waals surface area contributed by atoms with Gasteiger partial charge in [-0.3, -0.25) is 24.6 Å². The second-order valence-corrected chi connectivity index (χ2v) is 18.9. The number of aliphatic hydroxyl groups excluding tert-OH is 1. The van der Waals surface area contributed by atoms with Crippen LogP contribution in [0.3, 0.4) is 0 Å². The summed E-state index contributed by atoms with van der Waals surface area (Å²) >= 11 is 1.54. The number of aromatic nitrogens is 1. The monoisotopic (exact) mass is 878 g/mol. The van der Waals surface area contributed by atoms with Crippen molar-refractivity contribution in [2.24, 2.45) is 23.7 Å². The van der Waals surface area contributed by atoms with Crippen molar-refractivity contribution in [3.8, 4) is 0 Å². The number of benzene rings is 2. The Morgan fingerprint density at radius 1 is 0.968 bits per heavy atom. The third-order valence-corrected chi connectivity index (χ3v) is 13.7. The molecule has 13 nitrogen and oxygen atoms in total. The number of carbonyl (C=O) groups excluding carboxylic acids is 3. The summed E-state index contributed by atoms with van der Waals surface area (Å²) in [5, 5.41) is 21.1. The standard InChI is InChI=1S/C48H75N7O6S/c1-12-32(6)43(54(9)48(59)41(30(2)3)52-46(58)42(31(4)5)53(8)29-35-20-22-36(49)23-21-35)39(60-10)28-40(56)55-25-16-19-38(55)44(61-11)33(7)45(57)51-37(47-50-24-26-62-47)27-34-17-14-13-15-18-34/h13-15,17-18,20-24,26,30-33,37-39,41-45,51,57H,12,16,19,25,27-29,49H2,1-11H3,(H,52,58)/t32-,33+,37-,38-,39+,41-,42-,43-,44+,45?/m0/s1. The predicted octanol–water partition coefficient (Wildman–Crippen LogP) is 6.13. The van der Waals surface area contributed by atoms with Crippen molar-refractivity contribution in [1.82, 2.24) is 30.3 Å². The van der Waals surface area contributed by atoms with Crippen LogP contribution in [0.1, 0.15) is 96.3 Å². The fraction of sp³-hybridized carbons (Fsp3) is 0.625. The van der Waals surface area contributed by atoms with Gasteiger partial charge in [0, 0.05) is 57.5 Å². The minimum absolute atomic E-state index is 0.0244. The Morgan fingerprint density at radius 3 is 2.21 bits per heavy atom. The summed E-state index contributed by atoms with van der Waals surface area (Å²) < 4.78 is 12.2. The number of amides is 3. The van der Waals surface area contributed by atoms with Gasteiger partial charge in [-0.25, -0.2) is 4.98 Å². The van der Waals surface area contributed by atoms with E-state index >= 15 is 0 Å². The van der Waals surface area contributed by atoms with Gasteiger partial charge in [0.1, 0.15) is 17.3 Å². The maximum atomic E-state index is 14.6. The van der Waals surface area contributed by atoms with Crippen LogP contribution in [-0.2, 0) is 36.8 Å². The summed E-state index contributed by atoms with van der Waals surface area (Å²) in [7, 11) is 6.91. The summed E-state index contributed by atoms with van der Waals surface area (Å²) in [6.07, 6.45) is 2.75. The normalized spacial score (nSPS) is 18.8. The fourth-order valence-electron chi connectivity index (χ4n) is 9.19. The average molecular weight is 878 g/mol. The van der Waals surface area contributed by atoms with Gasteiger partial charge in [0.15, 0.2) is 0 Å². The number of nitrogens with one attached hydrogen (secondary N) is 2. The Balaban J connectivity index is 1.48. The molecule has 10 atom stereocenters. The number of nitrogens with zero attached hydrogens (tertiary/aromatic N) is 4. The van der Waals surface area contributed by atoms with Crippen LogP contribution >= 0.6 is 11.3 Å². The van der Waals surface area contributed by atoms with E-state index in [4.69, 9.17) is 15.2 Å². The van der Waals surface area contributed by atoms with E-state index in [2.05, 4.69) is 41.6 Å². The van der Waals surface area contributed by atoms with Gasteiger partial charge in [0.05, 0.1) is 42.8 Å². The number of methoxy groups -OCH3 is 2. The van der Waals surface area contributed by atoms with E-state index < -0.39 is 36.6 Å². The molecule has 3 aromatic rings. The number of likely N-dealkylation sites (N-methyl/N-ethyl adjacent to an activating group) is 2. The van der Waals surface area contributed by atoms with Crippen LogP contribution in [0.25, 0.3) is 0 Å². The van der Waals surface area contributed by atoms with E-state index in [0.29, 0.717) is 25.2 Å². The van der Waals surface area contributed by atoms with Gasteiger partial charge in [0.2, 0.25) is 17.7 Å². The van der Waals surface area contributed by atoms with Crippen molar-refractivity contribution in [3.63, 3.8) is 0 Å². The molecule has 2 aromatic carbocycles. The molecular weight excluding hydrogens is 803 g/mol. The van der Waals surface area contributed by atoms with E-state index in [1.165, 1.54) is 0 Å². The Bertz CT molecular complexity index is 1800. The highest BCUT2D eigenvalue weighted by Crippen LogP contribution is 2.31. The lowest BCUT2D eigenvalue weighted by atomic mass is 9.89. The summed E-state index contributed by atoms with van der Waals surface area (Å²) in [5.41, 5.74) is 8.75. The maximum Gasteiger partial charge on any atom is 0.245 e. The first-order chi connectivity index (χ1) is 29.5. The summed E-state index contributed by atoms with van der Waals surface area (Å²) in [5.74, 6) is -1.16. The van der Waals surface area contributed by atoms with Crippen LogP contribution in [-0.4, -0.2) is 120 Å². The van der Waals surface area contributed by atoms with Crippen molar-refractivity contribution < 1.29 is 29.0 Å². The quantitative estimate of drug-likeness (QED) is 0.0609. The second kappa shape index (κ2) is 24.2. The lowest BCUT2D eigenvalue weighted by Gasteiger charge is -2.41. The zero-order chi connectivity index (χ0) is 45.7. The van der Waals surface area contributed by atoms with E-state index in [9.17, 15) is 19.5 Å². The molecule has 1 fully saturated rings. The molecule has 4 rings (SSSR count). The van der Waals surface area contributed by atoms with Gasteiger partial charge >= 0.3 is 0 Å². The molecule has 1 unspecified atom stereocenters. The van der Waals surface area contributed by atoms with Gasteiger partial charge in [0.25, 0.3) is 0 Å². The molecule has 0 bridgehead atoms.